The molecule has 0 spiro atoms. The Morgan fingerprint density at radius 2 is 1.70 bits per heavy atom. The van der Waals surface area contributed by atoms with Crippen molar-refractivity contribution in [3.05, 3.63) is 71.3 Å². The molecule has 0 bridgehead atoms. The molecule has 0 radical (unpaired) electrons. The number of rotatable bonds is 2. The largest absolute Gasteiger partial charge is 0.335 e. The molecule has 1 fully saturated rings. The van der Waals surface area contributed by atoms with E-state index in [0.717, 1.165) is 11.3 Å². The van der Waals surface area contributed by atoms with Gasteiger partial charge in [0.2, 0.25) is 5.91 Å². The topological polar surface area (TPSA) is 32.3 Å². The third-order valence-electron chi connectivity index (χ3n) is 6.17. The van der Waals surface area contributed by atoms with E-state index in [-0.39, 0.29) is 16.7 Å². The lowest BCUT2D eigenvalue weighted by Crippen LogP contribution is -2.58. The molecular weight excluding hydrogens is 332 g/mol. The van der Waals surface area contributed by atoms with Gasteiger partial charge in [-0.15, -0.1) is 0 Å². The van der Waals surface area contributed by atoms with Gasteiger partial charge < -0.3 is 10.2 Å². The van der Waals surface area contributed by atoms with Crippen molar-refractivity contribution in [1.82, 2.24) is 5.32 Å². The molecule has 2 aromatic rings. The SMILES string of the molecule is CC(C)(C)c1ccc(/C=C/C23NC(=O)CN2c2ccccc2C3(C)C)cc1. The zero-order chi connectivity index (χ0) is 19.4. The highest BCUT2D eigenvalue weighted by Crippen LogP contribution is 2.52. The van der Waals surface area contributed by atoms with E-state index < -0.39 is 5.66 Å². The number of hydrogen-bond donors (Lipinski definition) is 1. The van der Waals surface area contributed by atoms with Gasteiger partial charge in [0.05, 0.1) is 6.54 Å². The average molecular weight is 361 g/mol. The summed E-state index contributed by atoms with van der Waals surface area (Å²) in [6.45, 7) is 11.5. The quantitative estimate of drug-likeness (QED) is 0.847. The standard InChI is InChI=1S/C24H28N2O/c1-22(2,3)18-12-10-17(11-13-18)14-15-24-23(4,5)19-8-6-7-9-20(19)26(24)16-21(27)25-24/h6-15H,16H2,1-5H3,(H,25,27)/b15-14+. The van der Waals surface area contributed by atoms with E-state index in [4.69, 9.17) is 0 Å². The third-order valence-corrected chi connectivity index (χ3v) is 6.17. The molecule has 0 aromatic heterocycles. The molecule has 3 heteroatoms. The number of para-hydroxylation sites is 1. The lowest BCUT2D eigenvalue weighted by Gasteiger charge is -2.40. The van der Waals surface area contributed by atoms with E-state index in [9.17, 15) is 4.79 Å². The molecule has 2 aliphatic heterocycles. The van der Waals surface area contributed by atoms with Crippen LogP contribution in [0, 0.1) is 0 Å². The molecule has 1 N–H and O–H groups in total. The minimum Gasteiger partial charge on any atom is -0.335 e. The van der Waals surface area contributed by atoms with Gasteiger partial charge in [-0.25, -0.2) is 0 Å². The summed E-state index contributed by atoms with van der Waals surface area (Å²) in [7, 11) is 0. The highest BCUT2D eigenvalue weighted by molar-refractivity contribution is 5.91. The van der Waals surface area contributed by atoms with Gasteiger partial charge in [-0.05, 0) is 34.2 Å². The zero-order valence-electron chi connectivity index (χ0n) is 16.8. The Morgan fingerprint density at radius 3 is 2.37 bits per heavy atom. The minimum atomic E-state index is -0.531. The molecule has 1 unspecified atom stereocenters. The van der Waals surface area contributed by atoms with Gasteiger partial charge in [0, 0.05) is 11.1 Å². The zero-order valence-corrected chi connectivity index (χ0v) is 16.8. The van der Waals surface area contributed by atoms with Crippen LogP contribution in [0.3, 0.4) is 0 Å². The smallest absolute Gasteiger partial charge is 0.241 e. The van der Waals surface area contributed by atoms with Crippen LogP contribution in [0.15, 0.2) is 54.6 Å². The van der Waals surface area contributed by atoms with Gasteiger partial charge >= 0.3 is 0 Å². The summed E-state index contributed by atoms with van der Waals surface area (Å²) in [6.07, 6.45) is 4.31. The van der Waals surface area contributed by atoms with Crippen LogP contribution in [0.4, 0.5) is 5.69 Å². The molecule has 140 valence electrons. The van der Waals surface area contributed by atoms with Gasteiger partial charge in [-0.2, -0.15) is 0 Å². The molecule has 2 heterocycles. The predicted octanol–water partition coefficient (Wildman–Crippen LogP) is 4.62. The Balaban J connectivity index is 1.73. The molecular formula is C24H28N2O. The Kier molecular flexibility index (Phi) is 3.78. The van der Waals surface area contributed by atoms with E-state index in [1.54, 1.807) is 0 Å². The van der Waals surface area contributed by atoms with Crippen molar-refractivity contribution in [3.8, 4) is 0 Å². The normalized spacial score (nSPS) is 23.4. The number of hydrogen-bond acceptors (Lipinski definition) is 2. The maximum absolute atomic E-state index is 12.3. The van der Waals surface area contributed by atoms with Crippen LogP contribution < -0.4 is 10.2 Å². The van der Waals surface area contributed by atoms with Gasteiger partial charge in [0.15, 0.2) is 0 Å². The van der Waals surface area contributed by atoms with Crippen LogP contribution in [-0.2, 0) is 15.6 Å². The summed E-state index contributed by atoms with van der Waals surface area (Å²) in [6, 6.07) is 17.1. The molecule has 1 atom stereocenters. The fourth-order valence-corrected chi connectivity index (χ4v) is 4.45. The number of nitrogens with zero attached hydrogens (tertiary/aromatic N) is 1. The Hall–Kier alpha value is -2.55. The van der Waals surface area contributed by atoms with Crippen LogP contribution >= 0.6 is 0 Å². The first kappa shape index (κ1) is 17.8. The molecule has 1 saturated heterocycles. The minimum absolute atomic E-state index is 0.0744. The Bertz CT molecular complexity index is 918. The number of anilines is 1. The summed E-state index contributed by atoms with van der Waals surface area (Å²) in [5, 5.41) is 3.27. The molecule has 4 rings (SSSR count). The van der Waals surface area contributed by atoms with E-state index in [2.05, 4.69) is 99.5 Å². The molecule has 1 amide bonds. The summed E-state index contributed by atoms with van der Waals surface area (Å²) in [5.74, 6) is 0.0744. The average Bonchev–Trinajstić information content (AvgIpc) is 3.04. The molecule has 2 aromatic carbocycles. The summed E-state index contributed by atoms with van der Waals surface area (Å²) < 4.78 is 0. The molecule has 2 aliphatic rings. The van der Waals surface area contributed by atoms with Crippen molar-refractivity contribution in [2.24, 2.45) is 0 Å². The Morgan fingerprint density at radius 1 is 1.04 bits per heavy atom. The highest BCUT2D eigenvalue weighted by Gasteiger charge is 2.59. The first-order valence-electron chi connectivity index (χ1n) is 9.63. The lowest BCUT2D eigenvalue weighted by atomic mass is 9.75. The van der Waals surface area contributed by atoms with E-state index >= 15 is 0 Å². The number of amides is 1. The maximum atomic E-state index is 12.3. The van der Waals surface area contributed by atoms with Crippen LogP contribution in [0.25, 0.3) is 6.08 Å². The van der Waals surface area contributed by atoms with E-state index in [1.807, 2.05) is 6.07 Å². The van der Waals surface area contributed by atoms with Crippen molar-refractivity contribution in [2.75, 3.05) is 11.4 Å². The van der Waals surface area contributed by atoms with Crippen molar-refractivity contribution < 1.29 is 4.79 Å². The van der Waals surface area contributed by atoms with Gasteiger partial charge in [0.1, 0.15) is 5.66 Å². The molecule has 0 saturated carbocycles. The van der Waals surface area contributed by atoms with Gasteiger partial charge in [-0.1, -0.05) is 83.2 Å². The highest BCUT2D eigenvalue weighted by atomic mass is 16.2. The second-order valence-electron chi connectivity index (χ2n) is 9.25. The molecule has 27 heavy (non-hydrogen) atoms. The molecule has 3 nitrogen and oxygen atoms in total. The van der Waals surface area contributed by atoms with Crippen molar-refractivity contribution in [3.63, 3.8) is 0 Å². The fraction of sp³-hybridized carbons (Fsp3) is 0.375. The molecule has 0 aliphatic carbocycles. The summed E-state index contributed by atoms with van der Waals surface area (Å²) >= 11 is 0. The fourth-order valence-electron chi connectivity index (χ4n) is 4.45. The van der Waals surface area contributed by atoms with Crippen molar-refractivity contribution >= 4 is 17.7 Å². The van der Waals surface area contributed by atoms with Crippen LogP contribution in [0.5, 0.6) is 0 Å². The third kappa shape index (κ3) is 2.60. The predicted molar refractivity (Wildman–Crippen MR) is 112 cm³/mol. The van der Waals surface area contributed by atoms with Crippen molar-refractivity contribution in [2.45, 2.75) is 51.1 Å². The van der Waals surface area contributed by atoms with Crippen molar-refractivity contribution in [1.29, 1.82) is 0 Å². The number of carbonyl (C=O) groups excluding carboxylic acids is 1. The van der Waals surface area contributed by atoms with Crippen LogP contribution in [0.2, 0.25) is 0 Å². The summed E-state index contributed by atoms with van der Waals surface area (Å²) in [5.41, 5.74) is 4.28. The monoisotopic (exact) mass is 360 g/mol. The first-order chi connectivity index (χ1) is 12.6. The second-order valence-corrected chi connectivity index (χ2v) is 9.25. The van der Waals surface area contributed by atoms with Crippen LogP contribution in [-0.4, -0.2) is 18.1 Å². The number of nitrogens with one attached hydrogen (secondary N) is 1. The summed E-state index contributed by atoms with van der Waals surface area (Å²) in [4.78, 5) is 14.6. The van der Waals surface area contributed by atoms with Gasteiger partial charge in [-0.3, -0.25) is 4.79 Å². The first-order valence-corrected chi connectivity index (χ1v) is 9.63. The maximum Gasteiger partial charge on any atom is 0.241 e. The van der Waals surface area contributed by atoms with E-state index in [1.165, 1.54) is 11.1 Å². The lowest BCUT2D eigenvalue weighted by molar-refractivity contribution is -0.118. The van der Waals surface area contributed by atoms with Crippen LogP contribution in [0.1, 0.15) is 51.3 Å². The van der Waals surface area contributed by atoms with Gasteiger partial charge in [0.25, 0.3) is 0 Å². The van der Waals surface area contributed by atoms with E-state index in [0.29, 0.717) is 6.54 Å². The Labute approximate surface area is 162 Å². The number of benzene rings is 2. The second kappa shape index (κ2) is 5.72. The number of fused-ring (bicyclic) bond motifs is 3. The number of carbonyl (C=O) groups is 1.